The summed E-state index contributed by atoms with van der Waals surface area (Å²) in [5, 5.41) is 17.4. The molecule has 232 valence electrons. The molecule has 2 rings (SSSR count). The number of hydrogen-bond acceptors (Lipinski definition) is 7. The molecule has 1 fully saturated rings. The first-order chi connectivity index (χ1) is 20.2. The first-order valence-electron chi connectivity index (χ1n) is 14.8. The van der Waals surface area contributed by atoms with Gasteiger partial charge in [0.05, 0.1) is 18.6 Å². The third kappa shape index (κ3) is 13.3. The highest BCUT2D eigenvalue weighted by atomic mass is 16.6. The van der Waals surface area contributed by atoms with Crippen LogP contribution in [0.1, 0.15) is 70.3 Å². The molecule has 1 aliphatic rings. The lowest BCUT2D eigenvalue weighted by Gasteiger charge is -2.28. The van der Waals surface area contributed by atoms with Crippen molar-refractivity contribution in [3.63, 3.8) is 0 Å². The van der Waals surface area contributed by atoms with Crippen LogP contribution in [-0.4, -0.2) is 60.3 Å². The molecule has 4 N–H and O–H groups in total. The molecule has 0 aromatic heterocycles. The number of nitrogens with one attached hydrogen (secondary N) is 3. The number of alkyl carbamates (subject to hydrolysis) is 1. The number of benzene rings is 1. The van der Waals surface area contributed by atoms with Gasteiger partial charge in [0.2, 0.25) is 11.8 Å². The van der Waals surface area contributed by atoms with Gasteiger partial charge >= 0.3 is 12.1 Å². The van der Waals surface area contributed by atoms with Crippen LogP contribution in [0.2, 0.25) is 0 Å². The van der Waals surface area contributed by atoms with Gasteiger partial charge in [-0.3, -0.25) is 9.59 Å². The van der Waals surface area contributed by atoms with Crippen LogP contribution in [0.25, 0.3) is 0 Å². The predicted octanol–water partition coefficient (Wildman–Crippen LogP) is 3.94. The summed E-state index contributed by atoms with van der Waals surface area (Å²) in [5.41, 5.74) is 0.812. The average molecular weight is 586 g/mol. The Morgan fingerprint density at radius 1 is 0.976 bits per heavy atom. The van der Waals surface area contributed by atoms with Crippen molar-refractivity contribution < 1.29 is 33.8 Å². The second kappa shape index (κ2) is 19.5. The highest BCUT2D eigenvalue weighted by molar-refractivity contribution is 5.86. The van der Waals surface area contributed by atoms with E-state index in [9.17, 15) is 24.3 Å². The summed E-state index contributed by atoms with van der Waals surface area (Å²) in [7, 11) is 0. The van der Waals surface area contributed by atoms with E-state index in [0.29, 0.717) is 18.8 Å². The Labute approximate surface area is 249 Å². The van der Waals surface area contributed by atoms with Crippen molar-refractivity contribution in [1.82, 2.24) is 16.0 Å². The van der Waals surface area contributed by atoms with Crippen LogP contribution in [0, 0.1) is 11.8 Å². The number of carbonyl (C=O) groups excluding carboxylic acids is 4. The molecule has 0 bridgehead atoms. The minimum absolute atomic E-state index is 0.0564. The first kappa shape index (κ1) is 34.5. The Morgan fingerprint density at radius 2 is 1.67 bits per heavy atom. The van der Waals surface area contributed by atoms with Crippen LogP contribution in [-0.2, 0) is 30.5 Å². The van der Waals surface area contributed by atoms with Crippen molar-refractivity contribution in [2.24, 2.45) is 11.8 Å². The molecule has 0 saturated heterocycles. The molecule has 0 radical (unpaired) electrons. The van der Waals surface area contributed by atoms with Crippen molar-refractivity contribution in [2.45, 2.75) is 89.4 Å². The van der Waals surface area contributed by atoms with Crippen molar-refractivity contribution in [2.75, 3.05) is 13.2 Å². The topological polar surface area (TPSA) is 143 Å². The molecular formula is C32H47N3O7. The normalized spacial score (nSPS) is 16.1. The quantitative estimate of drug-likeness (QED) is 0.151. The summed E-state index contributed by atoms with van der Waals surface area (Å²) < 4.78 is 10.9. The Hall–Kier alpha value is -3.66. The molecule has 1 aromatic rings. The lowest BCUT2D eigenvalue weighted by molar-refractivity contribution is -0.147. The lowest BCUT2D eigenvalue weighted by atomic mass is 9.84. The van der Waals surface area contributed by atoms with Gasteiger partial charge in [-0.2, -0.15) is 0 Å². The number of aliphatic hydroxyl groups is 1. The lowest BCUT2D eigenvalue weighted by Crippen LogP contribution is -2.46. The molecule has 10 nitrogen and oxygen atoms in total. The summed E-state index contributed by atoms with van der Waals surface area (Å²) in [6, 6.07) is 7.30. The Balaban J connectivity index is 2.01. The summed E-state index contributed by atoms with van der Waals surface area (Å²) in [6.07, 6.45) is 8.82. The van der Waals surface area contributed by atoms with Crippen LogP contribution in [0.3, 0.4) is 0 Å². The number of carbonyl (C=O) groups is 4. The average Bonchev–Trinajstić information content (AvgIpc) is 2.99. The minimum Gasteiger partial charge on any atom is -0.462 e. The molecule has 10 heteroatoms. The zero-order valence-corrected chi connectivity index (χ0v) is 24.7. The molecule has 0 aliphatic heterocycles. The van der Waals surface area contributed by atoms with Gasteiger partial charge in [0.25, 0.3) is 0 Å². The van der Waals surface area contributed by atoms with Gasteiger partial charge in [0, 0.05) is 12.5 Å². The molecule has 3 amide bonds. The zero-order valence-electron chi connectivity index (χ0n) is 24.7. The SMILES string of the molecule is C=CC[C@H](CC(=O)N[C@@H](C)CO)C(=O)N[C@H](COC(=O)[C@@H](CC=C)NC(=O)OCc1ccccc1)CC1CCCCC1. The largest absolute Gasteiger partial charge is 0.462 e. The highest BCUT2D eigenvalue weighted by Gasteiger charge is 2.28. The van der Waals surface area contributed by atoms with Gasteiger partial charge in [-0.25, -0.2) is 9.59 Å². The summed E-state index contributed by atoms with van der Waals surface area (Å²) in [6.45, 7) is 8.83. The maximum absolute atomic E-state index is 13.3. The summed E-state index contributed by atoms with van der Waals surface area (Å²) in [4.78, 5) is 51.1. The third-order valence-corrected chi connectivity index (χ3v) is 7.24. The maximum Gasteiger partial charge on any atom is 0.408 e. The fourth-order valence-electron chi connectivity index (χ4n) is 4.97. The molecule has 4 atom stereocenters. The summed E-state index contributed by atoms with van der Waals surface area (Å²) in [5.74, 6) is -1.61. The van der Waals surface area contributed by atoms with Crippen LogP contribution in [0.4, 0.5) is 4.79 Å². The van der Waals surface area contributed by atoms with Crippen molar-refractivity contribution in [3.05, 3.63) is 61.2 Å². The van der Waals surface area contributed by atoms with Gasteiger partial charge in [-0.1, -0.05) is 74.6 Å². The van der Waals surface area contributed by atoms with Gasteiger partial charge in [0.1, 0.15) is 19.3 Å². The van der Waals surface area contributed by atoms with Gasteiger partial charge in [-0.05, 0) is 37.7 Å². The van der Waals surface area contributed by atoms with Gasteiger partial charge < -0.3 is 30.5 Å². The molecule has 1 saturated carbocycles. The molecule has 0 spiro atoms. The number of ether oxygens (including phenoxy) is 2. The van der Waals surface area contributed by atoms with E-state index in [4.69, 9.17) is 9.47 Å². The van der Waals surface area contributed by atoms with Crippen LogP contribution >= 0.6 is 0 Å². The number of aliphatic hydroxyl groups excluding tert-OH is 1. The second-order valence-electron chi connectivity index (χ2n) is 10.9. The van der Waals surface area contributed by atoms with E-state index in [1.165, 1.54) is 12.5 Å². The number of amides is 3. The Bertz CT molecular complexity index is 1010. The van der Waals surface area contributed by atoms with E-state index in [0.717, 1.165) is 31.2 Å². The number of allylic oxidation sites excluding steroid dienone is 1. The van der Waals surface area contributed by atoms with Crippen LogP contribution in [0.5, 0.6) is 0 Å². The Morgan fingerprint density at radius 3 is 2.31 bits per heavy atom. The third-order valence-electron chi connectivity index (χ3n) is 7.24. The molecule has 0 heterocycles. The molecule has 0 unspecified atom stereocenters. The fraction of sp³-hybridized carbons (Fsp3) is 0.562. The minimum atomic E-state index is -0.998. The predicted molar refractivity (Wildman–Crippen MR) is 160 cm³/mol. The van der Waals surface area contributed by atoms with Gasteiger partial charge in [0.15, 0.2) is 0 Å². The van der Waals surface area contributed by atoms with E-state index in [1.54, 1.807) is 13.0 Å². The van der Waals surface area contributed by atoms with Crippen LogP contribution in [0.15, 0.2) is 55.6 Å². The smallest absolute Gasteiger partial charge is 0.408 e. The molecule has 1 aliphatic carbocycles. The highest BCUT2D eigenvalue weighted by Crippen LogP contribution is 2.27. The molecule has 1 aromatic carbocycles. The monoisotopic (exact) mass is 585 g/mol. The van der Waals surface area contributed by atoms with E-state index < -0.39 is 36.1 Å². The standard InChI is InChI=1S/C32H47N3O7/c1-4-12-26(19-29(37)33-23(3)20-36)30(38)34-27(18-24-14-8-6-9-15-24)22-41-31(39)28(13-5-2)35-32(40)42-21-25-16-10-7-11-17-25/h4-5,7,10-11,16-17,23-24,26-28,36H,1-2,6,8-9,12-15,18-22H2,3H3,(H,33,37)(H,34,38)(H,35,40)/t23-,26+,27-,28+/m0/s1. The van der Waals surface area contributed by atoms with Gasteiger partial charge in [-0.15, -0.1) is 13.2 Å². The first-order valence-corrected chi connectivity index (χ1v) is 14.8. The summed E-state index contributed by atoms with van der Waals surface area (Å²) >= 11 is 0. The molecule has 42 heavy (non-hydrogen) atoms. The van der Waals surface area contributed by atoms with Crippen LogP contribution < -0.4 is 16.0 Å². The van der Waals surface area contributed by atoms with E-state index in [-0.39, 0.29) is 44.5 Å². The maximum atomic E-state index is 13.3. The zero-order chi connectivity index (χ0) is 30.7. The molecular weight excluding hydrogens is 538 g/mol. The second-order valence-corrected chi connectivity index (χ2v) is 10.9. The van der Waals surface area contributed by atoms with Crippen molar-refractivity contribution >= 4 is 23.9 Å². The van der Waals surface area contributed by atoms with Crippen molar-refractivity contribution in [3.8, 4) is 0 Å². The fourth-order valence-corrected chi connectivity index (χ4v) is 4.97. The number of hydrogen-bond donors (Lipinski definition) is 4. The Kier molecular flexibility index (Phi) is 16.0. The van der Waals surface area contributed by atoms with E-state index in [2.05, 4.69) is 29.1 Å². The van der Waals surface area contributed by atoms with E-state index in [1.807, 2.05) is 30.3 Å². The number of esters is 1. The van der Waals surface area contributed by atoms with Crippen molar-refractivity contribution in [1.29, 1.82) is 0 Å². The van der Waals surface area contributed by atoms with E-state index >= 15 is 0 Å². The number of rotatable bonds is 18.